The number of rotatable bonds is 5. The van der Waals surface area contributed by atoms with E-state index in [1.165, 1.54) is 32.1 Å². The predicted octanol–water partition coefficient (Wildman–Crippen LogP) is 2.51. The third kappa shape index (κ3) is 3.20. The second-order valence-corrected chi connectivity index (χ2v) is 4.55. The molecule has 1 aliphatic rings. The Balaban J connectivity index is 1.66. The van der Waals surface area contributed by atoms with Gasteiger partial charge in [-0.2, -0.15) is 0 Å². The first-order valence-corrected chi connectivity index (χ1v) is 6.26. The summed E-state index contributed by atoms with van der Waals surface area (Å²) < 4.78 is 0. The van der Waals surface area contributed by atoms with E-state index in [4.69, 9.17) is 0 Å². The van der Waals surface area contributed by atoms with Crippen LogP contribution >= 0.6 is 0 Å². The van der Waals surface area contributed by atoms with Crippen LogP contribution in [0.4, 0.5) is 0 Å². The monoisotopic (exact) mass is 220 g/mol. The maximum Gasteiger partial charge on any atom is 0.180 e. The van der Waals surface area contributed by atoms with E-state index < -0.39 is 0 Å². The van der Waals surface area contributed by atoms with Crippen LogP contribution in [0.3, 0.4) is 0 Å². The van der Waals surface area contributed by atoms with Gasteiger partial charge in [-0.3, -0.25) is 4.79 Å². The van der Waals surface area contributed by atoms with Gasteiger partial charge in [0.1, 0.15) is 0 Å². The number of nitrogens with one attached hydrogen (secondary N) is 2. The van der Waals surface area contributed by atoms with Crippen molar-refractivity contribution >= 4 is 5.78 Å². The Hall–Kier alpha value is -1.09. The van der Waals surface area contributed by atoms with Crippen molar-refractivity contribution in [2.45, 2.75) is 44.6 Å². The van der Waals surface area contributed by atoms with Crippen LogP contribution in [0.2, 0.25) is 0 Å². The molecular weight excluding hydrogens is 200 g/mol. The second-order valence-electron chi connectivity index (χ2n) is 4.55. The van der Waals surface area contributed by atoms with Gasteiger partial charge in [-0.15, -0.1) is 0 Å². The van der Waals surface area contributed by atoms with Gasteiger partial charge in [0, 0.05) is 25.2 Å². The van der Waals surface area contributed by atoms with Crippen molar-refractivity contribution in [2.75, 3.05) is 6.54 Å². The molecular formula is C13H20N2O. The molecule has 2 N–H and O–H groups in total. The van der Waals surface area contributed by atoms with E-state index in [0.717, 1.165) is 12.2 Å². The third-order valence-corrected chi connectivity index (χ3v) is 3.29. The number of aromatic nitrogens is 1. The van der Waals surface area contributed by atoms with Crippen LogP contribution in [-0.2, 0) is 0 Å². The zero-order chi connectivity index (χ0) is 11.2. The van der Waals surface area contributed by atoms with Crippen molar-refractivity contribution in [1.82, 2.24) is 10.3 Å². The number of ketones is 1. The number of hydrogen-bond donors (Lipinski definition) is 2. The lowest BCUT2D eigenvalue weighted by Gasteiger charge is -2.22. The Labute approximate surface area is 96.6 Å². The SMILES string of the molecule is O=C(CCNC1CCCCC1)c1ccc[nH]1. The summed E-state index contributed by atoms with van der Waals surface area (Å²) in [5.41, 5.74) is 0.727. The van der Waals surface area contributed by atoms with Crippen LogP contribution in [0.1, 0.15) is 49.0 Å². The van der Waals surface area contributed by atoms with Crippen LogP contribution in [0.25, 0.3) is 0 Å². The van der Waals surface area contributed by atoms with Gasteiger partial charge in [0.25, 0.3) is 0 Å². The van der Waals surface area contributed by atoms with Gasteiger partial charge in [0.2, 0.25) is 0 Å². The van der Waals surface area contributed by atoms with E-state index in [1.54, 1.807) is 6.20 Å². The van der Waals surface area contributed by atoms with Gasteiger partial charge >= 0.3 is 0 Å². The van der Waals surface area contributed by atoms with Crippen molar-refractivity contribution < 1.29 is 4.79 Å². The Kier molecular flexibility index (Phi) is 4.17. The molecule has 1 aromatic heterocycles. The molecule has 1 aliphatic carbocycles. The Morgan fingerprint density at radius 2 is 2.19 bits per heavy atom. The third-order valence-electron chi connectivity index (χ3n) is 3.29. The average molecular weight is 220 g/mol. The zero-order valence-electron chi connectivity index (χ0n) is 9.67. The molecule has 2 rings (SSSR count). The highest BCUT2D eigenvalue weighted by molar-refractivity contribution is 5.94. The fourth-order valence-electron chi connectivity index (χ4n) is 2.33. The smallest absolute Gasteiger partial charge is 0.180 e. The number of H-pyrrole nitrogens is 1. The molecule has 88 valence electrons. The van der Waals surface area contributed by atoms with Crippen LogP contribution in [-0.4, -0.2) is 23.4 Å². The highest BCUT2D eigenvalue weighted by atomic mass is 16.1. The molecule has 0 spiro atoms. The summed E-state index contributed by atoms with van der Waals surface area (Å²) in [6.07, 6.45) is 8.98. The number of carbonyl (C=O) groups is 1. The van der Waals surface area contributed by atoms with Crippen molar-refractivity contribution in [1.29, 1.82) is 0 Å². The fraction of sp³-hybridized carbons (Fsp3) is 0.615. The zero-order valence-corrected chi connectivity index (χ0v) is 9.67. The van der Waals surface area contributed by atoms with E-state index in [-0.39, 0.29) is 5.78 Å². The van der Waals surface area contributed by atoms with Gasteiger partial charge in [-0.25, -0.2) is 0 Å². The number of hydrogen-bond acceptors (Lipinski definition) is 2. The topological polar surface area (TPSA) is 44.9 Å². The lowest BCUT2D eigenvalue weighted by atomic mass is 9.95. The number of aromatic amines is 1. The number of Topliss-reactive ketones (excluding diaryl/α,β-unsaturated/α-hetero) is 1. The minimum Gasteiger partial charge on any atom is -0.359 e. The average Bonchev–Trinajstić information content (AvgIpc) is 2.84. The molecule has 0 radical (unpaired) electrons. The molecule has 1 aromatic rings. The highest BCUT2D eigenvalue weighted by Gasteiger charge is 2.13. The lowest BCUT2D eigenvalue weighted by Crippen LogP contribution is -2.32. The van der Waals surface area contributed by atoms with Gasteiger partial charge < -0.3 is 10.3 Å². The molecule has 3 heteroatoms. The summed E-state index contributed by atoms with van der Waals surface area (Å²) in [7, 11) is 0. The quantitative estimate of drug-likeness (QED) is 0.749. The molecule has 0 amide bonds. The molecule has 1 saturated carbocycles. The number of carbonyl (C=O) groups excluding carboxylic acids is 1. The van der Waals surface area contributed by atoms with E-state index in [9.17, 15) is 4.79 Å². The van der Waals surface area contributed by atoms with E-state index in [0.29, 0.717) is 12.5 Å². The maximum absolute atomic E-state index is 11.7. The van der Waals surface area contributed by atoms with E-state index in [1.807, 2.05) is 12.1 Å². The second kappa shape index (κ2) is 5.85. The standard InChI is InChI=1S/C13H20N2O/c16-13(12-7-4-9-15-12)8-10-14-11-5-2-1-3-6-11/h4,7,9,11,14-15H,1-3,5-6,8,10H2. The highest BCUT2D eigenvalue weighted by Crippen LogP contribution is 2.17. The molecule has 0 bridgehead atoms. The van der Waals surface area contributed by atoms with E-state index >= 15 is 0 Å². The minimum atomic E-state index is 0.202. The van der Waals surface area contributed by atoms with Crippen LogP contribution in [0.15, 0.2) is 18.3 Å². The van der Waals surface area contributed by atoms with Crippen molar-refractivity contribution in [3.05, 3.63) is 24.0 Å². The summed E-state index contributed by atoms with van der Waals surface area (Å²) >= 11 is 0. The Morgan fingerprint density at radius 3 is 2.88 bits per heavy atom. The van der Waals surface area contributed by atoms with Crippen molar-refractivity contribution in [2.24, 2.45) is 0 Å². The molecule has 1 heterocycles. The Bertz CT molecular complexity index is 313. The summed E-state index contributed by atoms with van der Waals surface area (Å²) in [6.45, 7) is 0.808. The molecule has 0 aromatic carbocycles. The lowest BCUT2D eigenvalue weighted by molar-refractivity contribution is 0.0977. The van der Waals surface area contributed by atoms with Gasteiger partial charge in [0.15, 0.2) is 5.78 Å². The minimum absolute atomic E-state index is 0.202. The molecule has 0 aliphatic heterocycles. The first-order chi connectivity index (χ1) is 7.86. The molecule has 0 saturated heterocycles. The summed E-state index contributed by atoms with van der Waals surface area (Å²) in [5, 5.41) is 3.48. The summed E-state index contributed by atoms with van der Waals surface area (Å²) in [4.78, 5) is 14.6. The molecule has 1 fully saturated rings. The van der Waals surface area contributed by atoms with Crippen LogP contribution in [0.5, 0.6) is 0 Å². The molecule has 16 heavy (non-hydrogen) atoms. The van der Waals surface area contributed by atoms with Crippen molar-refractivity contribution in [3.8, 4) is 0 Å². The summed E-state index contributed by atoms with van der Waals surface area (Å²) in [6, 6.07) is 4.34. The molecule has 0 atom stereocenters. The largest absolute Gasteiger partial charge is 0.359 e. The van der Waals surface area contributed by atoms with Gasteiger partial charge in [-0.1, -0.05) is 19.3 Å². The molecule has 3 nitrogen and oxygen atoms in total. The summed E-state index contributed by atoms with van der Waals surface area (Å²) in [5.74, 6) is 0.202. The fourth-order valence-corrected chi connectivity index (χ4v) is 2.33. The first kappa shape index (κ1) is 11.4. The van der Waals surface area contributed by atoms with Crippen molar-refractivity contribution in [3.63, 3.8) is 0 Å². The van der Waals surface area contributed by atoms with Crippen LogP contribution in [0, 0.1) is 0 Å². The van der Waals surface area contributed by atoms with E-state index in [2.05, 4.69) is 10.3 Å². The van der Waals surface area contributed by atoms with Gasteiger partial charge in [0.05, 0.1) is 5.69 Å². The van der Waals surface area contributed by atoms with Gasteiger partial charge in [-0.05, 0) is 25.0 Å². The van der Waals surface area contributed by atoms with Crippen LogP contribution < -0.4 is 5.32 Å². The maximum atomic E-state index is 11.7. The molecule has 0 unspecified atom stereocenters. The first-order valence-electron chi connectivity index (χ1n) is 6.26. The normalized spacial score (nSPS) is 17.5. The Morgan fingerprint density at radius 1 is 1.38 bits per heavy atom. The predicted molar refractivity (Wildman–Crippen MR) is 64.6 cm³/mol.